The van der Waals surface area contributed by atoms with Crippen molar-refractivity contribution in [2.45, 2.75) is 78.0 Å². The first kappa shape index (κ1) is 25.3. The summed E-state index contributed by atoms with van der Waals surface area (Å²) < 4.78 is 5.29. The van der Waals surface area contributed by atoms with Crippen molar-refractivity contribution in [3.8, 4) is 0 Å². The third kappa shape index (κ3) is 6.26. The van der Waals surface area contributed by atoms with Crippen molar-refractivity contribution in [1.82, 2.24) is 10.6 Å². The molecule has 31 heavy (non-hydrogen) atoms. The maximum absolute atomic E-state index is 13.5. The summed E-state index contributed by atoms with van der Waals surface area (Å²) in [5.41, 5.74) is 0.474. The van der Waals surface area contributed by atoms with Crippen LogP contribution in [0.1, 0.15) is 59.4 Å². The van der Waals surface area contributed by atoms with Gasteiger partial charge in [-0.1, -0.05) is 43.5 Å². The van der Waals surface area contributed by atoms with E-state index in [-0.39, 0.29) is 12.3 Å². The number of nitrogens with zero attached hydrogens (tertiary/aromatic N) is 1. The Hall–Kier alpha value is -1.99. The van der Waals surface area contributed by atoms with Crippen LogP contribution >= 0.6 is 23.2 Å². The second-order valence-corrected chi connectivity index (χ2v) is 9.32. The molecule has 3 amide bonds. The Labute approximate surface area is 193 Å². The van der Waals surface area contributed by atoms with Crippen molar-refractivity contribution < 1.29 is 19.1 Å². The Morgan fingerprint density at radius 1 is 1.23 bits per heavy atom. The number of alkyl carbamates (subject to hydrolysis) is 1. The lowest BCUT2D eigenvalue weighted by molar-refractivity contribution is -0.127. The first-order valence-corrected chi connectivity index (χ1v) is 11.3. The van der Waals surface area contributed by atoms with Crippen LogP contribution in [0.4, 0.5) is 10.5 Å². The Kier molecular flexibility index (Phi) is 8.60. The fourth-order valence-corrected chi connectivity index (χ4v) is 3.81. The summed E-state index contributed by atoms with van der Waals surface area (Å²) >= 11 is 12.5. The van der Waals surface area contributed by atoms with Crippen LogP contribution < -0.4 is 15.5 Å². The molecule has 0 spiro atoms. The average molecular weight is 472 g/mol. The van der Waals surface area contributed by atoms with Crippen LogP contribution in [0, 0.1) is 0 Å². The molecule has 2 rings (SSSR count). The van der Waals surface area contributed by atoms with E-state index in [1.807, 2.05) is 6.92 Å². The normalized spacial score (nSPS) is 16.5. The van der Waals surface area contributed by atoms with Gasteiger partial charge in [0.15, 0.2) is 0 Å². The lowest BCUT2D eigenvalue weighted by Crippen LogP contribution is -2.55. The van der Waals surface area contributed by atoms with Crippen LogP contribution in [-0.4, -0.2) is 42.1 Å². The summed E-state index contributed by atoms with van der Waals surface area (Å²) in [6.45, 7) is 9.56. The van der Waals surface area contributed by atoms with Crippen LogP contribution in [0.2, 0.25) is 10.0 Å². The predicted molar refractivity (Wildman–Crippen MR) is 123 cm³/mol. The van der Waals surface area contributed by atoms with Gasteiger partial charge >= 0.3 is 6.09 Å². The zero-order chi connectivity index (χ0) is 23.3. The van der Waals surface area contributed by atoms with E-state index >= 15 is 0 Å². The van der Waals surface area contributed by atoms with Crippen LogP contribution in [0.25, 0.3) is 0 Å². The van der Waals surface area contributed by atoms with Crippen LogP contribution in [0.3, 0.4) is 0 Å². The number of carbonyl (C=O) groups is 3. The maximum atomic E-state index is 13.5. The molecule has 0 radical (unpaired) electrons. The quantitative estimate of drug-likeness (QED) is 0.574. The molecule has 172 valence electrons. The van der Waals surface area contributed by atoms with E-state index < -0.39 is 29.7 Å². The van der Waals surface area contributed by atoms with E-state index in [1.54, 1.807) is 39.8 Å². The molecular weight excluding hydrogens is 441 g/mol. The van der Waals surface area contributed by atoms with E-state index in [4.69, 9.17) is 27.9 Å². The number of halogens is 2. The molecule has 0 unspecified atom stereocenters. The molecule has 1 aromatic rings. The van der Waals surface area contributed by atoms with Gasteiger partial charge < -0.3 is 15.4 Å². The molecule has 9 heteroatoms. The molecule has 7 nitrogen and oxygen atoms in total. The number of fused-ring (bicyclic) bond motifs is 1. The Balaban J connectivity index is 2.33. The number of nitrogens with one attached hydrogen (secondary N) is 2. The first-order chi connectivity index (χ1) is 14.5. The number of anilines is 1. The Morgan fingerprint density at radius 2 is 1.90 bits per heavy atom. The van der Waals surface area contributed by atoms with Gasteiger partial charge in [-0.05, 0) is 51.3 Å². The molecule has 0 aromatic heterocycles. The van der Waals surface area contributed by atoms with Gasteiger partial charge in [0.2, 0.25) is 11.8 Å². The highest BCUT2D eigenvalue weighted by Crippen LogP contribution is 2.41. The van der Waals surface area contributed by atoms with E-state index in [2.05, 4.69) is 10.6 Å². The standard InChI is InChI=1S/C22H31Cl2N3O4/c1-6-8-11-25-19(28)17-12-13-16(10-9-14(23)18(13)24)27(17)20(29)15(7-2)26-21(30)31-22(3,4)5/h9-10,15,17H,6-8,11-12H2,1-5H3,(H,25,28)(H,26,30)/t15-,17+/m0/s1. The Morgan fingerprint density at radius 3 is 2.48 bits per heavy atom. The highest BCUT2D eigenvalue weighted by Gasteiger charge is 2.42. The molecule has 2 atom stereocenters. The summed E-state index contributed by atoms with van der Waals surface area (Å²) in [7, 11) is 0. The number of ether oxygens (including phenoxy) is 1. The third-order valence-electron chi connectivity index (χ3n) is 4.91. The summed E-state index contributed by atoms with van der Waals surface area (Å²) in [4.78, 5) is 40.1. The Bertz CT molecular complexity index is 839. The second-order valence-electron chi connectivity index (χ2n) is 8.54. The van der Waals surface area contributed by atoms with E-state index in [9.17, 15) is 14.4 Å². The van der Waals surface area contributed by atoms with Gasteiger partial charge in [-0.2, -0.15) is 0 Å². The smallest absolute Gasteiger partial charge is 0.408 e. The minimum atomic E-state index is -0.860. The molecule has 0 bridgehead atoms. The number of benzene rings is 1. The lowest BCUT2D eigenvalue weighted by Gasteiger charge is -2.29. The fourth-order valence-electron chi connectivity index (χ4n) is 3.40. The summed E-state index contributed by atoms with van der Waals surface area (Å²) in [6, 6.07) is 1.65. The van der Waals surface area contributed by atoms with Gasteiger partial charge in [-0.3, -0.25) is 14.5 Å². The minimum Gasteiger partial charge on any atom is -0.444 e. The summed E-state index contributed by atoms with van der Waals surface area (Å²) in [6.07, 6.45) is 1.66. The first-order valence-electron chi connectivity index (χ1n) is 10.6. The lowest BCUT2D eigenvalue weighted by atomic mass is 10.1. The van der Waals surface area contributed by atoms with Crippen molar-refractivity contribution in [2.75, 3.05) is 11.4 Å². The van der Waals surface area contributed by atoms with Crippen molar-refractivity contribution >= 4 is 46.8 Å². The molecule has 1 aromatic carbocycles. The fraction of sp³-hybridized carbons (Fsp3) is 0.591. The molecule has 1 aliphatic heterocycles. The molecular formula is C22H31Cl2N3O4. The van der Waals surface area contributed by atoms with Crippen molar-refractivity contribution in [2.24, 2.45) is 0 Å². The average Bonchev–Trinajstić information content (AvgIpc) is 3.07. The monoisotopic (exact) mass is 471 g/mol. The largest absolute Gasteiger partial charge is 0.444 e. The van der Waals surface area contributed by atoms with Crippen molar-refractivity contribution in [3.05, 3.63) is 27.7 Å². The van der Waals surface area contributed by atoms with Gasteiger partial charge in [0, 0.05) is 18.7 Å². The van der Waals surface area contributed by atoms with Gasteiger partial charge in [-0.25, -0.2) is 4.79 Å². The second kappa shape index (κ2) is 10.6. The van der Waals surface area contributed by atoms with Gasteiger partial charge in [0.25, 0.3) is 0 Å². The summed E-state index contributed by atoms with van der Waals surface area (Å²) in [5.74, 6) is -0.668. The van der Waals surface area contributed by atoms with Crippen LogP contribution in [-0.2, 0) is 20.7 Å². The molecule has 0 saturated carbocycles. The predicted octanol–water partition coefficient (Wildman–Crippen LogP) is 4.47. The van der Waals surface area contributed by atoms with E-state index in [1.165, 1.54) is 4.90 Å². The number of hydrogen-bond donors (Lipinski definition) is 2. The van der Waals surface area contributed by atoms with Gasteiger partial charge in [0.1, 0.15) is 17.7 Å². The van der Waals surface area contributed by atoms with Gasteiger partial charge in [0.05, 0.1) is 10.0 Å². The van der Waals surface area contributed by atoms with Crippen molar-refractivity contribution in [3.63, 3.8) is 0 Å². The van der Waals surface area contributed by atoms with Crippen molar-refractivity contribution in [1.29, 1.82) is 0 Å². The number of carbonyl (C=O) groups excluding carboxylic acids is 3. The molecule has 1 heterocycles. The van der Waals surface area contributed by atoms with E-state index in [0.29, 0.717) is 34.3 Å². The van der Waals surface area contributed by atoms with Crippen LogP contribution in [0.5, 0.6) is 0 Å². The topological polar surface area (TPSA) is 87.7 Å². The number of amides is 3. The third-order valence-corrected chi connectivity index (χ3v) is 5.75. The molecule has 0 saturated heterocycles. The van der Waals surface area contributed by atoms with Crippen LogP contribution in [0.15, 0.2) is 12.1 Å². The molecule has 2 N–H and O–H groups in total. The highest BCUT2D eigenvalue weighted by molar-refractivity contribution is 6.43. The van der Waals surface area contributed by atoms with Gasteiger partial charge in [-0.15, -0.1) is 0 Å². The molecule has 0 fully saturated rings. The highest BCUT2D eigenvalue weighted by atomic mass is 35.5. The molecule has 0 aliphatic carbocycles. The van der Waals surface area contributed by atoms with E-state index in [0.717, 1.165) is 12.8 Å². The zero-order valence-electron chi connectivity index (χ0n) is 18.7. The number of hydrogen-bond acceptors (Lipinski definition) is 4. The SMILES string of the molecule is CCCCNC(=O)[C@H]1Cc2c(ccc(Cl)c2Cl)N1C(=O)[C@H](CC)NC(=O)OC(C)(C)C. The zero-order valence-corrected chi connectivity index (χ0v) is 20.2. The molecule has 1 aliphatic rings. The number of unbranched alkanes of at least 4 members (excludes halogenated alkanes) is 1. The number of rotatable bonds is 7. The summed E-state index contributed by atoms with van der Waals surface area (Å²) in [5, 5.41) is 6.20. The maximum Gasteiger partial charge on any atom is 0.408 e. The minimum absolute atomic E-state index is 0.251.